The zero-order chi connectivity index (χ0) is 18.2. The van der Waals surface area contributed by atoms with Crippen molar-refractivity contribution in [3.8, 4) is 0 Å². The van der Waals surface area contributed by atoms with Crippen molar-refractivity contribution in [2.75, 3.05) is 39.8 Å². The molecule has 3 rings (SSSR count). The summed E-state index contributed by atoms with van der Waals surface area (Å²) in [6.45, 7) is 4.78. The van der Waals surface area contributed by atoms with Crippen molar-refractivity contribution in [2.24, 2.45) is 4.99 Å². The van der Waals surface area contributed by atoms with Crippen LogP contribution in [-0.4, -0.2) is 55.7 Å². The van der Waals surface area contributed by atoms with Crippen LogP contribution < -0.4 is 10.6 Å². The maximum Gasteiger partial charge on any atom is 0.191 e. The highest BCUT2D eigenvalue weighted by molar-refractivity contribution is 7.19. The molecule has 1 aromatic carbocycles. The summed E-state index contributed by atoms with van der Waals surface area (Å²) in [5, 5.41) is 18.3. The number of aliphatic hydroxyl groups is 1. The Hall–Kier alpha value is -1.63. The lowest BCUT2D eigenvalue weighted by Crippen LogP contribution is -2.43. The predicted octanol–water partition coefficient (Wildman–Crippen LogP) is 2.98. The van der Waals surface area contributed by atoms with Crippen LogP contribution in [0.2, 0.25) is 0 Å². The number of hydrogen-bond donors (Lipinski definition) is 3. The maximum atomic E-state index is 10.5. The molecule has 26 heavy (non-hydrogen) atoms. The summed E-state index contributed by atoms with van der Waals surface area (Å²) in [4.78, 5) is 7.78. The zero-order valence-electron chi connectivity index (χ0n) is 15.6. The van der Waals surface area contributed by atoms with Crippen LogP contribution in [0.15, 0.2) is 35.3 Å². The molecule has 1 aliphatic heterocycles. The minimum atomic E-state index is -0.531. The van der Waals surface area contributed by atoms with Crippen molar-refractivity contribution in [3.05, 3.63) is 35.2 Å². The standard InChI is InChI=1S/C20H30N4OS/c1-21-20(22-10-13-24-11-6-2-3-7-12-24)23-15-17(25)19-14-16-8-4-5-9-18(16)26-19/h4-5,8-9,14,17,25H,2-3,6-7,10-13,15H2,1H3,(H2,21,22,23). The molecule has 142 valence electrons. The Kier molecular flexibility index (Phi) is 7.29. The molecule has 1 aliphatic rings. The SMILES string of the molecule is CN=C(NCCN1CCCCCC1)NCC(O)c1cc2ccccc2s1. The smallest absolute Gasteiger partial charge is 0.191 e. The van der Waals surface area contributed by atoms with Crippen molar-refractivity contribution < 1.29 is 5.11 Å². The minimum Gasteiger partial charge on any atom is -0.386 e. The van der Waals surface area contributed by atoms with Crippen LogP contribution in [0.4, 0.5) is 0 Å². The molecule has 1 unspecified atom stereocenters. The number of nitrogens with one attached hydrogen (secondary N) is 2. The van der Waals surface area contributed by atoms with E-state index in [2.05, 4.69) is 38.7 Å². The average Bonchev–Trinajstić information content (AvgIpc) is 2.93. The lowest BCUT2D eigenvalue weighted by Gasteiger charge is -2.21. The van der Waals surface area contributed by atoms with Gasteiger partial charge in [-0.1, -0.05) is 31.0 Å². The van der Waals surface area contributed by atoms with Gasteiger partial charge >= 0.3 is 0 Å². The van der Waals surface area contributed by atoms with Gasteiger partial charge in [-0.25, -0.2) is 0 Å². The molecule has 0 amide bonds. The van der Waals surface area contributed by atoms with Gasteiger partial charge in [0, 0.05) is 36.3 Å². The number of nitrogens with zero attached hydrogens (tertiary/aromatic N) is 2. The zero-order valence-corrected chi connectivity index (χ0v) is 16.4. The summed E-state index contributed by atoms with van der Waals surface area (Å²) >= 11 is 1.65. The van der Waals surface area contributed by atoms with E-state index in [-0.39, 0.29) is 0 Å². The normalized spacial score (nSPS) is 17.8. The molecular formula is C20H30N4OS. The summed E-state index contributed by atoms with van der Waals surface area (Å²) in [5.74, 6) is 0.750. The first kappa shape index (κ1) is 19.1. The van der Waals surface area contributed by atoms with Gasteiger partial charge in [0.05, 0.1) is 0 Å². The highest BCUT2D eigenvalue weighted by atomic mass is 32.1. The van der Waals surface area contributed by atoms with E-state index in [1.54, 1.807) is 18.4 Å². The van der Waals surface area contributed by atoms with Crippen LogP contribution in [0.25, 0.3) is 10.1 Å². The first-order chi connectivity index (χ1) is 12.8. The second-order valence-electron chi connectivity index (χ2n) is 6.84. The molecule has 0 radical (unpaired) electrons. The fourth-order valence-corrected chi connectivity index (χ4v) is 4.42. The van der Waals surface area contributed by atoms with E-state index in [1.165, 1.54) is 48.9 Å². The number of benzene rings is 1. The largest absolute Gasteiger partial charge is 0.386 e. The summed E-state index contributed by atoms with van der Waals surface area (Å²) in [6.07, 6.45) is 4.82. The van der Waals surface area contributed by atoms with Crippen LogP contribution >= 0.6 is 11.3 Å². The third kappa shape index (κ3) is 5.43. The van der Waals surface area contributed by atoms with Crippen molar-refractivity contribution in [2.45, 2.75) is 31.8 Å². The number of fused-ring (bicyclic) bond motifs is 1. The Labute approximate surface area is 160 Å². The average molecular weight is 375 g/mol. The van der Waals surface area contributed by atoms with Crippen molar-refractivity contribution >= 4 is 27.4 Å². The van der Waals surface area contributed by atoms with E-state index in [1.807, 2.05) is 12.1 Å². The fourth-order valence-electron chi connectivity index (χ4n) is 3.37. The summed E-state index contributed by atoms with van der Waals surface area (Å²) in [5.41, 5.74) is 0. The third-order valence-electron chi connectivity index (χ3n) is 4.88. The summed E-state index contributed by atoms with van der Waals surface area (Å²) in [6, 6.07) is 10.3. The molecule has 0 saturated carbocycles. The van der Waals surface area contributed by atoms with Crippen molar-refractivity contribution in [3.63, 3.8) is 0 Å². The van der Waals surface area contributed by atoms with Crippen LogP contribution in [0.5, 0.6) is 0 Å². The molecule has 2 aromatic rings. The lowest BCUT2D eigenvalue weighted by atomic mass is 10.2. The molecule has 3 N–H and O–H groups in total. The van der Waals surface area contributed by atoms with Crippen molar-refractivity contribution in [1.29, 1.82) is 0 Å². The van der Waals surface area contributed by atoms with Gasteiger partial charge in [-0.3, -0.25) is 4.99 Å². The van der Waals surface area contributed by atoms with Gasteiger partial charge in [0.2, 0.25) is 0 Å². The Bertz CT molecular complexity index is 674. The quantitative estimate of drug-likeness (QED) is 0.537. The summed E-state index contributed by atoms with van der Waals surface area (Å²) in [7, 11) is 1.77. The van der Waals surface area contributed by atoms with Crippen LogP contribution in [0, 0.1) is 0 Å². The van der Waals surface area contributed by atoms with Crippen LogP contribution in [-0.2, 0) is 0 Å². The second-order valence-corrected chi connectivity index (χ2v) is 7.95. The third-order valence-corrected chi connectivity index (χ3v) is 6.10. The van der Waals surface area contributed by atoms with Crippen LogP contribution in [0.1, 0.15) is 36.7 Å². The Morgan fingerprint density at radius 1 is 1.19 bits per heavy atom. The van der Waals surface area contributed by atoms with Gasteiger partial charge in [-0.15, -0.1) is 11.3 Å². The van der Waals surface area contributed by atoms with Crippen molar-refractivity contribution in [1.82, 2.24) is 15.5 Å². The van der Waals surface area contributed by atoms with E-state index < -0.39 is 6.10 Å². The van der Waals surface area contributed by atoms with E-state index in [9.17, 15) is 5.11 Å². The van der Waals surface area contributed by atoms with E-state index in [4.69, 9.17) is 0 Å². The number of likely N-dealkylation sites (tertiary alicyclic amines) is 1. The van der Waals surface area contributed by atoms with Gasteiger partial charge < -0.3 is 20.6 Å². The van der Waals surface area contributed by atoms with Gasteiger partial charge in [-0.05, 0) is 43.5 Å². The molecule has 2 heterocycles. The molecule has 0 bridgehead atoms. The molecule has 6 heteroatoms. The highest BCUT2D eigenvalue weighted by Gasteiger charge is 2.12. The Morgan fingerprint density at radius 3 is 2.69 bits per heavy atom. The molecule has 0 aliphatic carbocycles. The maximum absolute atomic E-state index is 10.5. The van der Waals surface area contributed by atoms with Gasteiger partial charge in [0.1, 0.15) is 6.10 Å². The monoisotopic (exact) mass is 374 g/mol. The molecule has 1 atom stereocenters. The number of thiophene rings is 1. The molecule has 1 aromatic heterocycles. The van der Waals surface area contributed by atoms with Gasteiger partial charge in [0.15, 0.2) is 5.96 Å². The Morgan fingerprint density at radius 2 is 1.96 bits per heavy atom. The topological polar surface area (TPSA) is 59.9 Å². The molecule has 1 saturated heterocycles. The predicted molar refractivity (Wildman–Crippen MR) is 111 cm³/mol. The van der Waals surface area contributed by atoms with Gasteiger partial charge in [-0.2, -0.15) is 0 Å². The van der Waals surface area contributed by atoms with Crippen LogP contribution in [0.3, 0.4) is 0 Å². The van der Waals surface area contributed by atoms with E-state index >= 15 is 0 Å². The second kappa shape index (κ2) is 9.90. The number of aliphatic hydroxyl groups excluding tert-OH is 1. The lowest BCUT2D eigenvalue weighted by molar-refractivity contribution is 0.184. The highest BCUT2D eigenvalue weighted by Crippen LogP contribution is 2.29. The van der Waals surface area contributed by atoms with E-state index in [0.29, 0.717) is 6.54 Å². The molecule has 0 spiro atoms. The van der Waals surface area contributed by atoms with Gasteiger partial charge in [0.25, 0.3) is 0 Å². The number of guanidine groups is 1. The van der Waals surface area contributed by atoms with E-state index in [0.717, 1.165) is 23.9 Å². The molecule has 1 fully saturated rings. The number of rotatable bonds is 6. The first-order valence-corrected chi connectivity index (χ1v) is 10.4. The minimum absolute atomic E-state index is 0.455. The first-order valence-electron chi connectivity index (χ1n) is 9.59. The summed E-state index contributed by atoms with van der Waals surface area (Å²) < 4.78 is 1.21. The number of aliphatic imine (C=N–C) groups is 1. The molecule has 5 nitrogen and oxygen atoms in total. The number of hydrogen-bond acceptors (Lipinski definition) is 4. The molecular weight excluding hydrogens is 344 g/mol. The fraction of sp³-hybridized carbons (Fsp3) is 0.550. The Balaban J connectivity index is 1.43.